The van der Waals surface area contributed by atoms with Gasteiger partial charge in [-0.3, -0.25) is 4.79 Å². The molecular formula is C15H19ClN2O2. The molecule has 1 amide bonds. The van der Waals surface area contributed by atoms with E-state index in [1.54, 1.807) is 0 Å². The second-order valence-corrected chi connectivity index (χ2v) is 5.07. The van der Waals surface area contributed by atoms with Crippen molar-refractivity contribution in [3.63, 3.8) is 0 Å². The Balaban J connectivity index is 0.00000147. The van der Waals surface area contributed by atoms with Crippen LogP contribution in [-0.2, 0) is 0 Å². The number of hydrogen-bond acceptors (Lipinski definition) is 3. The summed E-state index contributed by atoms with van der Waals surface area (Å²) in [5.41, 5.74) is 1.68. The van der Waals surface area contributed by atoms with Crippen molar-refractivity contribution in [1.29, 1.82) is 0 Å². The molecule has 1 aliphatic rings. The van der Waals surface area contributed by atoms with E-state index in [4.69, 9.17) is 4.42 Å². The quantitative estimate of drug-likeness (QED) is 0.895. The molecule has 2 N–H and O–H groups in total. The largest absolute Gasteiger partial charge is 0.451 e. The molecule has 20 heavy (non-hydrogen) atoms. The second-order valence-electron chi connectivity index (χ2n) is 5.07. The number of furan rings is 1. The van der Waals surface area contributed by atoms with Crippen LogP contribution in [0.15, 0.2) is 28.7 Å². The van der Waals surface area contributed by atoms with Gasteiger partial charge in [0.25, 0.3) is 5.91 Å². The molecule has 0 radical (unpaired) electrons. The van der Waals surface area contributed by atoms with Crippen molar-refractivity contribution >= 4 is 29.3 Å². The lowest BCUT2D eigenvalue weighted by Crippen LogP contribution is -2.45. The summed E-state index contributed by atoms with van der Waals surface area (Å²) in [4.78, 5) is 12.3. The van der Waals surface area contributed by atoms with E-state index in [1.807, 2.05) is 31.2 Å². The highest BCUT2D eigenvalue weighted by atomic mass is 35.5. The van der Waals surface area contributed by atoms with Gasteiger partial charge >= 0.3 is 0 Å². The molecule has 1 aromatic carbocycles. The molecule has 5 heteroatoms. The van der Waals surface area contributed by atoms with Crippen LogP contribution in [0.25, 0.3) is 11.0 Å². The average Bonchev–Trinajstić information content (AvgIpc) is 2.78. The molecule has 0 aliphatic carbocycles. The molecule has 0 spiro atoms. The van der Waals surface area contributed by atoms with Crippen molar-refractivity contribution in [2.75, 3.05) is 13.1 Å². The molecule has 3 rings (SSSR count). The van der Waals surface area contributed by atoms with Gasteiger partial charge in [-0.1, -0.05) is 18.2 Å². The number of rotatable bonds is 2. The highest BCUT2D eigenvalue weighted by molar-refractivity contribution is 5.99. The zero-order valence-corrected chi connectivity index (χ0v) is 12.3. The third-order valence-corrected chi connectivity index (χ3v) is 3.68. The molecule has 1 saturated heterocycles. The maximum atomic E-state index is 12.3. The summed E-state index contributed by atoms with van der Waals surface area (Å²) >= 11 is 0. The topological polar surface area (TPSA) is 54.3 Å². The highest BCUT2D eigenvalue weighted by Gasteiger charge is 2.21. The minimum absolute atomic E-state index is 0. The molecule has 1 aromatic heterocycles. The van der Waals surface area contributed by atoms with Gasteiger partial charge in [-0.15, -0.1) is 12.4 Å². The first-order valence-electron chi connectivity index (χ1n) is 6.75. The molecule has 1 fully saturated rings. The van der Waals surface area contributed by atoms with Gasteiger partial charge in [0.2, 0.25) is 0 Å². The number of amides is 1. The molecule has 4 nitrogen and oxygen atoms in total. The summed E-state index contributed by atoms with van der Waals surface area (Å²) in [7, 11) is 0. The molecule has 1 atom stereocenters. The number of carbonyl (C=O) groups is 1. The maximum Gasteiger partial charge on any atom is 0.287 e. The average molecular weight is 295 g/mol. The predicted molar refractivity (Wildman–Crippen MR) is 81.6 cm³/mol. The van der Waals surface area contributed by atoms with Gasteiger partial charge < -0.3 is 15.1 Å². The third-order valence-electron chi connectivity index (χ3n) is 3.68. The van der Waals surface area contributed by atoms with Crippen LogP contribution in [0.1, 0.15) is 29.0 Å². The minimum Gasteiger partial charge on any atom is -0.451 e. The van der Waals surface area contributed by atoms with Crippen LogP contribution >= 0.6 is 12.4 Å². The van der Waals surface area contributed by atoms with E-state index in [-0.39, 0.29) is 24.4 Å². The van der Waals surface area contributed by atoms with E-state index < -0.39 is 0 Å². The summed E-state index contributed by atoms with van der Waals surface area (Å²) in [5, 5.41) is 7.34. The molecule has 1 aliphatic heterocycles. The first-order chi connectivity index (χ1) is 9.25. The zero-order chi connectivity index (χ0) is 13.2. The fraction of sp³-hybridized carbons (Fsp3) is 0.400. The number of piperidine rings is 1. The predicted octanol–water partition coefficient (Wildman–Crippen LogP) is 2.64. The third kappa shape index (κ3) is 2.81. The van der Waals surface area contributed by atoms with Crippen LogP contribution in [0.4, 0.5) is 0 Å². The van der Waals surface area contributed by atoms with Crippen LogP contribution in [0.2, 0.25) is 0 Å². The van der Waals surface area contributed by atoms with E-state index >= 15 is 0 Å². The summed E-state index contributed by atoms with van der Waals surface area (Å²) in [6, 6.07) is 7.94. The zero-order valence-electron chi connectivity index (χ0n) is 11.4. The Bertz CT molecular complexity index is 603. The summed E-state index contributed by atoms with van der Waals surface area (Å²) < 4.78 is 5.67. The van der Waals surface area contributed by atoms with Crippen molar-refractivity contribution in [1.82, 2.24) is 10.6 Å². The van der Waals surface area contributed by atoms with Gasteiger partial charge in [0, 0.05) is 23.5 Å². The van der Waals surface area contributed by atoms with Gasteiger partial charge in [0.1, 0.15) is 5.58 Å². The van der Waals surface area contributed by atoms with Crippen molar-refractivity contribution in [3.8, 4) is 0 Å². The number of nitrogens with one attached hydrogen (secondary N) is 2. The van der Waals surface area contributed by atoms with Crippen LogP contribution in [0, 0.1) is 6.92 Å². The normalized spacial score (nSPS) is 18.6. The van der Waals surface area contributed by atoms with Crippen LogP contribution in [0.3, 0.4) is 0 Å². The molecule has 0 saturated carbocycles. The van der Waals surface area contributed by atoms with Crippen molar-refractivity contribution < 1.29 is 9.21 Å². The Morgan fingerprint density at radius 3 is 2.90 bits per heavy atom. The maximum absolute atomic E-state index is 12.3. The number of hydrogen-bond donors (Lipinski definition) is 2. The first kappa shape index (κ1) is 14.9. The summed E-state index contributed by atoms with van der Waals surface area (Å²) in [5.74, 6) is 0.328. The molecule has 0 unspecified atom stereocenters. The number of benzene rings is 1. The smallest absolute Gasteiger partial charge is 0.287 e. The number of carbonyl (C=O) groups excluding carboxylic acids is 1. The van der Waals surface area contributed by atoms with E-state index in [9.17, 15) is 4.79 Å². The monoisotopic (exact) mass is 294 g/mol. The summed E-state index contributed by atoms with van der Waals surface area (Å²) in [6.45, 7) is 3.81. The fourth-order valence-corrected chi connectivity index (χ4v) is 2.62. The Hall–Kier alpha value is -1.52. The van der Waals surface area contributed by atoms with Crippen molar-refractivity contribution in [3.05, 3.63) is 35.6 Å². The second kappa shape index (κ2) is 6.29. The van der Waals surface area contributed by atoms with E-state index in [0.29, 0.717) is 5.76 Å². The fourth-order valence-electron chi connectivity index (χ4n) is 2.62. The van der Waals surface area contributed by atoms with E-state index in [1.165, 1.54) is 0 Å². The lowest BCUT2D eigenvalue weighted by Gasteiger charge is -2.23. The van der Waals surface area contributed by atoms with Gasteiger partial charge in [0.05, 0.1) is 0 Å². The number of fused-ring (bicyclic) bond motifs is 1. The van der Waals surface area contributed by atoms with Crippen LogP contribution in [-0.4, -0.2) is 25.0 Å². The van der Waals surface area contributed by atoms with Gasteiger partial charge in [-0.2, -0.15) is 0 Å². The van der Waals surface area contributed by atoms with Crippen LogP contribution in [0.5, 0.6) is 0 Å². The van der Waals surface area contributed by atoms with E-state index in [0.717, 1.165) is 42.5 Å². The Morgan fingerprint density at radius 2 is 2.20 bits per heavy atom. The molecular weight excluding hydrogens is 276 g/mol. The molecule has 2 heterocycles. The standard InChI is InChI=1S/C15H18N2O2.ClH/c1-10-12-6-2-3-7-13(12)19-14(10)15(18)17-11-5-4-8-16-9-11;/h2-3,6-7,11,16H,4-5,8-9H2,1H3,(H,17,18);1H/t11-;/m0./s1. The lowest BCUT2D eigenvalue weighted by atomic mass is 10.1. The highest BCUT2D eigenvalue weighted by Crippen LogP contribution is 2.24. The van der Waals surface area contributed by atoms with E-state index in [2.05, 4.69) is 10.6 Å². The van der Waals surface area contributed by atoms with Crippen molar-refractivity contribution in [2.24, 2.45) is 0 Å². The Kier molecular flexibility index (Phi) is 4.68. The Morgan fingerprint density at radius 1 is 1.40 bits per heavy atom. The number of halogens is 1. The number of aryl methyl sites for hydroxylation is 1. The minimum atomic E-state index is -0.109. The SMILES string of the molecule is Cc1c(C(=O)N[C@H]2CCCNC2)oc2ccccc12.Cl. The van der Waals surface area contributed by atoms with Crippen LogP contribution < -0.4 is 10.6 Å². The van der Waals surface area contributed by atoms with Gasteiger partial charge in [-0.05, 0) is 32.4 Å². The molecule has 2 aromatic rings. The van der Waals surface area contributed by atoms with Gasteiger partial charge in [0.15, 0.2) is 5.76 Å². The summed E-state index contributed by atoms with van der Waals surface area (Å²) in [6.07, 6.45) is 2.13. The Labute approximate surface area is 124 Å². The molecule has 108 valence electrons. The lowest BCUT2D eigenvalue weighted by molar-refractivity contribution is 0.0904. The van der Waals surface area contributed by atoms with Crippen molar-refractivity contribution in [2.45, 2.75) is 25.8 Å². The number of para-hydroxylation sites is 1. The molecule has 0 bridgehead atoms. The first-order valence-corrected chi connectivity index (χ1v) is 6.75. The van der Waals surface area contributed by atoms with Gasteiger partial charge in [-0.25, -0.2) is 0 Å².